The average molecular weight is 422 g/mol. The summed E-state index contributed by atoms with van der Waals surface area (Å²) >= 11 is 0. The van der Waals surface area contributed by atoms with Crippen LogP contribution in [-0.4, -0.2) is 21.8 Å². The highest BCUT2D eigenvalue weighted by molar-refractivity contribution is 5.68. The zero-order chi connectivity index (χ0) is 22.0. The molecule has 31 heavy (non-hydrogen) atoms. The lowest BCUT2D eigenvalue weighted by Gasteiger charge is -2.19. The third-order valence-corrected chi connectivity index (χ3v) is 5.55. The molecule has 0 fully saturated rings. The van der Waals surface area contributed by atoms with Crippen molar-refractivity contribution in [1.29, 1.82) is 5.26 Å². The Labute approximate surface area is 179 Å². The van der Waals surface area contributed by atoms with E-state index in [2.05, 4.69) is 12.1 Å². The predicted octanol–water partition coefficient (Wildman–Crippen LogP) is 3.80. The van der Waals surface area contributed by atoms with Crippen LogP contribution in [0.1, 0.15) is 54.5 Å². The van der Waals surface area contributed by atoms with Crippen molar-refractivity contribution in [3.63, 3.8) is 0 Å². The fourth-order valence-corrected chi connectivity index (χ4v) is 4.00. The van der Waals surface area contributed by atoms with Crippen LogP contribution < -0.4 is 10.3 Å². The van der Waals surface area contributed by atoms with Crippen molar-refractivity contribution in [2.75, 3.05) is 7.11 Å². The van der Waals surface area contributed by atoms with Gasteiger partial charge in [0.2, 0.25) is 0 Å². The molecule has 1 aromatic carbocycles. The van der Waals surface area contributed by atoms with Crippen LogP contribution in [0.5, 0.6) is 5.75 Å². The SMILES string of the molecule is CCCc1nc2c(c(=O)n1Cc1cc(-c3cc(OC)c(F)cc3C#N)on1)CCCC2. The molecule has 2 aromatic heterocycles. The number of aryl methyl sites for hydroxylation is 2. The molecular weight excluding hydrogens is 399 g/mol. The minimum atomic E-state index is -0.626. The number of benzene rings is 1. The topological polar surface area (TPSA) is 93.9 Å². The minimum absolute atomic E-state index is 0.00675. The van der Waals surface area contributed by atoms with E-state index in [1.807, 2.05) is 6.07 Å². The maximum atomic E-state index is 14.0. The predicted molar refractivity (Wildman–Crippen MR) is 111 cm³/mol. The summed E-state index contributed by atoms with van der Waals surface area (Å²) in [5.41, 5.74) is 2.72. The van der Waals surface area contributed by atoms with Gasteiger partial charge in [-0.15, -0.1) is 0 Å². The largest absolute Gasteiger partial charge is 0.494 e. The molecular formula is C23H23FN4O3. The van der Waals surface area contributed by atoms with Gasteiger partial charge in [0, 0.05) is 23.6 Å². The van der Waals surface area contributed by atoms with Crippen LogP contribution in [0.15, 0.2) is 27.5 Å². The molecule has 0 radical (unpaired) electrons. The Hall–Kier alpha value is -3.47. The molecule has 0 saturated heterocycles. The number of hydrogen-bond acceptors (Lipinski definition) is 6. The second-order valence-corrected chi connectivity index (χ2v) is 7.63. The van der Waals surface area contributed by atoms with Crippen LogP contribution in [-0.2, 0) is 25.8 Å². The van der Waals surface area contributed by atoms with E-state index in [0.717, 1.165) is 55.3 Å². The van der Waals surface area contributed by atoms with Crippen LogP contribution in [0.4, 0.5) is 4.39 Å². The van der Waals surface area contributed by atoms with E-state index < -0.39 is 5.82 Å². The number of nitriles is 1. The van der Waals surface area contributed by atoms with Crippen molar-refractivity contribution in [1.82, 2.24) is 14.7 Å². The van der Waals surface area contributed by atoms with E-state index in [1.165, 1.54) is 13.2 Å². The van der Waals surface area contributed by atoms with Crippen molar-refractivity contribution < 1.29 is 13.7 Å². The highest BCUT2D eigenvalue weighted by Crippen LogP contribution is 2.30. The average Bonchev–Trinajstić information content (AvgIpc) is 3.24. The Morgan fingerprint density at radius 1 is 1.29 bits per heavy atom. The van der Waals surface area contributed by atoms with Crippen LogP contribution in [0.3, 0.4) is 0 Å². The molecule has 1 aliphatic carbocycles. The number of aromatic nitrogens is 3. The number of halogens is 1. The Bertz CT molecular complexity index is 1220. The number of ether oxygens (including phenoxy) is 1. The monoisotopic (exact) mass is 422 g/mol. The first-order valence-electron chi connectivity index (χ1n) is 10.4. The molecule has 3 aromatic rings. The molecule has 4 rings (SSSR count). The van der Waals surface area contributed by atoms with Crippen LogP contribution >= 0.6 is 0 Å². The van der Waals surface area contributed by atoms with Crippen molar-refractivity contribution in [3.8, 4) is 23.1 Å². The molecule has 0 amide bonds. The van der Waals surface area contributed by atoms with E-state index in [9.17, 15) is 14.4 Å². The van der Waals surface area contributed by atoms with Crippen LogP contribution in [0.2, 0.25) is 0 Å². The summed E-state index contributed by atoms with van der Waals surface area (Å²) in [6.45, 7) is 2.27. The van der Waals surface area contributed by atoms with Gasteiger partial charge in [0.1, 0.15) is 17.6 Å². The third-order valence-electron chi connectivity index (χ3n) is 5.55. The fourth-order valence-electron chi connectivity index (χ4n) is 4.00. The van der Waals surface area contributed by atoms with Crippen LogP contribution in [0, 0.1) is 17.1 Å². The molecule has 0 bridgehead atoms. The lowest BCUT2D eigenvalue weighted by atomic mass is 9.97. The first kappa shape index (κ1) is 20.8. The first-order chi connectivity index (χ1) is 15.0. The van der Waals surface area contributed by atoms with Crippen molar-refractivity contribution >= 4 is 0 Å². The Kier molecular flexibility index (Phi) is 5.85. The number of nitrogens with zero attached hydrogens (tertiary/aromatic N) is 4. The Balaban J connectivity index is 1.72. The summed E-state index contributed by atoms with van der Waals surface area (Å²) in [6.07, 6.45) is 5.22. The van der Waals surface area contributed by atoms with Gasteiger partial charge in [-0.05, 0) is 44.2 Å². The smallest absolute Gasteiger partial charge is 0.257 e. The third kappa shape index (κ3) is 3.96. The molecule has 8 heteroatoms. The molecule has 0 aliphatic heterocycles. The zero-order valence-corrected chi connectivity index (χ0v) is 17.6. The second kappa shape index (κ2) is 8.72. The van der Waals surface area contributed by atoms with Gasteiger partial charge in [0.15, 0.2) is 17.3 Å². The van der Waals surface area contributed by atoms with E-state index in [4.69, 9.17) is 14.2 Å². The number of rotatable bonds is 6. The van der Waals surface area contributed by atoms with Crippen molar-refractivity contribution in [2.24, 2.45) is 0 Å². The summed E-state index contributed by atoms with van der Waals surface area (Å²) in [4.78, 5) is 18.0. The molecule has 7 nitrogen and oxygen atoms in total. The molecule has 0 spiro atoms. The summed E-state index contributed by atoms with van der Waals surface area (Å²) in [6, 6.07) is 6.14. The summed E-state index contributed by atoms with van der Waals surface area (Å²) in [5.74, 6) is 0.436. The molecule has 160 valence electrons. The quantitative estimate of drug-likeness (QED) is 0.600. The van der Waals surface area contributed by atoms with E-state index in [1.54, 1.807) is 10.6 Å². The van der Waals surface area contributed by atoms with Gasteiger partial charge < -0.3 is 9.26 Å². The minimum Gasteiger partial charge on any atom is -0.494 e. The molecule has 0 atom stereocenters. The first-order valence-corrected chi connectivity index (χ1v) is 10.4. The van der Waals surface area contributed by atoms with E-state index in [-0.39, 0.29) is 23.4 Å². The molecule has 0 saturated carbocycles. The van der Waals surface area contributed by atoms with Gasteiger partial charge >= 0.3 is 0 Å². The van der Waals surface area contributed by atoms with Gasteiger partial charge in [0.05, 0.1) is 24.9 Å². The van der Waals surface area contributed by atoms with Gasteiger partial charge in [-0.3, -0.25) is 9.36 Å². The van der Waals surface area contributed by atoms with Gasteiger partial charge in [-0.2, -0.15) is 5.26 Å². The van der Waals surface area contributed by atoms with Gasteiger partial charge in [0.25, 0.3) is 5.56 Å². The molecule has 0 unspecified atom stereocenters. The van der Waals surface area contributed by atoms with E-state index >= 15 is 0 Å². The van der Waals surface area contributed by atoms with Crippen molar-refractivity contribution in [2.45, 2.75) is 52.0 Å². The summed E-state index contributed by atoms with van der Waals surface area (Å²) in [7, 11) is 1.35. The number of hydrogen-bond donors (Lipinski definition) is 0. The summed E-state index contributed by atoms with van der Waals surface area (Å²) < 4.78 is 26.1. The lowest BCUT2D eigenvalue weighted by Crippen LogP contribution is -2.32. The summed E-state index contributed by atoms with van der Waals surface area (Å²) in [5, 5.41) is 13.5. The standard InChI is InChI=1S/C23H23FN4O3/c1-3-6-22-26-19-8-5-4-7-16(19)23(29)28(22)13-15-10-20(31-27-15)17-11-21(30-2)18(24)9-14(17)12-25/h9-11H,3-8,13H2,1-2H3. The van der Waals surface area contributed by atoms with Crippen molar-refractivity contribution in [3.05, 3.63) is 62.7 Å². The second-order valence-electron chi connectivity index (χ2n) is 7.63. The normalized spacial score (nSPS) is 13.0. The highest BCUT2D eigenvalue weighted by atomic mass is 19.1. The highest BCUT2D eigenvalue weighted by Gasteiger charge is 2.21. The molecule has 0 N–H and O–H groups in total. The Morgan fingerprint density at radius 3 is 2.84 bits per heavy atom. The van der Waals surface area contributed by atoms with Gasteiger partial charge in [-0.25, -0.2) is 9.37 Å². The lowest BCUT2D eigenvalue weighted by molar-refractivity contribution is 0.385. The van der Waals surface area contributed by atoms with E-state index in [0.29, 0.717) is 23.4 Å². The Morgan fingerprint density at radius 2 is 2.10 bits per heavy atom. The van der Waals surface area contributed by atoms with Gasteiger partial charge in [-0.1, -0.05) is 12.1 Å². The van der Waals surface area contributed by atoms with Crippen LogP contribution in [0.25, 0.3) is 11.3 Å². The number of methoxy groups -OCH3 is 1. The fraction of sp³-hybridized carbons (Fsp3) is 0.391. The molecule has 2 heterocycles. The molecule has 1 aliphatic rings. The maximum Gasteiger partial charge on any atom is 0.257 e. The number of fused-ring (bicyclic) bond motifs is 1. The maximum absolute atomic E-state index is 14.0. The zero-order valence-electron chi connectivity index (χ0n) is 17.6.